The Morgan fingerprint density at radius 2 is 1.90 bits per heavy atom. The highest BCUT2D eigenvalue weighted by molar-refractivity contribution is 7.90. The van der Waals surface area contributed by atoms with Crippen LogP contribution in [0.4, 0.5) is 0 Å². The molecule has 0 fully saturated rings. The predicted octanol–water partition coefficient (Wildman–Crippen LogP) is 2.75. The van der Waals surface area contributed by atoms with E-state index in [1.807, 2.05) is 4.72 Å². The first-order chi connectivity index (χ1) is 13.7. The van der Waals surface area contributed by atoms with Gasteiger partial charge in [0, 0.05) is 33.2 Å². The number of imidazole rings is 1. The molecular formula is C19H18ClN3O4S2. The van der Waals surface area contributed by atoms with Crippen LogP contribution in [0.5, 0.6) is 0 Å². The number of nitrogens with zero attached hydrogens (tertiary/aromatic N) is 2. The van der Waals surface area contributed by atoms with E-state index in [4.69, 9.17) is 11.6 Å². The lowest BCUT2D eigenvalue weighted by Gasteiger charge is -2.08. The minimum Gasteiger partial charge on any atom is -0.330 e. The molecule has 1 N–H and O–H groups in total. The maximum Gasteiger partial charge on any atom is 0.285 e. The number of sulfonamides is 1. The van der Waals surface area contributed by atoms with Crippen molar-refractivity contribution in [3.8, 4) is 0 Å². The van der Waals surface area contributed by atoms with Crippen LogP contribution in [0.3, 0.4) is 0 Å². The average Bonchev–Trinajstić information content (AvgIpc) is 3.04. The van der Waals surface area contributed by atoms with Gasteiger partial charge in [0.15, 0.2) is 0 Å². The van der Waals surface area contributed by atoms with Crippen molar-refractivity contribution in [3.63, 3.8) is 0 Å². The fraction of sp³-hybridized carbons (Fsp3) is 0.158. The number of rotatable bonds is 6. The Balaban J connectivity index is 1.80. The number of halogens is 1. The lowest BCUT2D eigenvalue weighted by molar-refractivity contribution is 0.0977. The Bertz CT molecular complexity index is 1190. The second-order valence-electron chi connectivity index (χ2n) is 6.26. The average molecular weight is 452 g/mol. The standard InChI is InChI=1S/C19H18ClN3O4S2/c1-13-21-18(19(24)22-29(26,27)16-6-4-3-5-7-16)12-23(13)11-14-8-9-15(28(2)25)10-17(14)20/h3-10,12H,11H2,1-2H3,(H,22,24). The van der Waals surface area contributed by atoms with Crippen LogP contribution >= 0.6 is 11.6 Å². The van der Waals surface area contributed by atoms with Gasteiger partial charge < -0.3 is 4.57 Å². The lowest BCUT2D eigenvalue weighted by atomic mass is 10.2. The largest absolute Gasteiger partial charge is 0.330 e. The molecular weight excluding hydrogens is 434 g/mol. The van der Waals surface area contributed by atoms with Crippen LogP contribution < -0.4 is 4.72 Å². The van der Waals surface area contributed by atoms with Gasteiger partial charge in [0.25, 0.3) is 15.9 Å². The number of aryl methyl sites for hydroxylation is 1. The van der Waals surface area contributed by atoms with E-state index in [2.05, 4.69) is 4.98 Å². The molecule has 0 aliphatic heterocycles. The SMILES string of the molecule is Cc1nc(C(=O)NS(=O)(=O)c2ccccc2)cn1Cc1ccc(S(C)=O)cc1Cl. The second kappa shape index (κ2) is 8.48. The number of hydrogen-bond acceptors (Lipinski definition) is 5. The molecule has 10 heteroatoms. The van der Waals surface area contributed by atoms with Crippen molar-refractivity contribution in [1.29, 1.82) is 0 Å². The first kappa shape index (κ1) is 21.2. The number of amides is 1. The predicted molar refractivity (Wildman–Crippen MR) is 111 cm³/mol. The molecule has 0 aliphatic carbocycles. The van der Waals surface area contributed by atoms with Crippen LogP contribution in [0.15, 0.2) is 64.5 Å². The van der Waals surface area contributed by atoms with Crippen molar-refractivity contribution in [2.75, 3.05) is 6.26 Å². The van der Waals surface area contributed by atoms with E-state index in [9.17, 15) is 17.4 Å². The molecule has 1 heterocycles. The topological polar surface area (TPSA) is 98.1 Å². The van der Waals surface area contributed by atoms with Crippen LogP contribution in [-0.2, 0) is 27.4 Å². The van der Waals surface area contributed by atoms with Crippen LogP contribution in [0.25, 0.3) is 0 Å². The summed E-state index contributed by atoms with van der Waals surface area (Å²) in [5.74, 6) is -0.301. The summed E-state index contributed by atoms with van der Waals surface area (Å²) in [6.07, 6.45) is 3.03. The normalized spacial score (nSPS) is 12.5. The van der Waals surface area contributed by atoms with E-state index in [1.165, 1.54) is 18.3 Å². The Labute approximate surface area is 176 Å². The van der Waals surface area contributed by atoms with Gasteiger partial charge in [0.1, 0.15) is 11.5 Å². The van der Waals surface area contributed by atoms with Crippen LogP contribution in [0.1, 0.15) is 21.9 Å². The number of carbonyl (C=O) groups excluding carboxylic acids is 1. The third-order valence-corrected chi connectivity index (χ3v) is 6.80. The zero-order chi connectivity index (χ0) is 21.2. The molecule has 0 saturated carbocycles. The molecule has 0 spiro atoms. The summed E-state index contributed by atoms with van der Waals surface area (Å²) in [4.78, 5) is 17.2. The van der Waals surface area contributed by atoms with Gasteiger partial charge in [-0.15, -0.1) is 0 Å². The molecule has 3 aromatic rings. The summed E-state index contributed by atoms with van der Waals surface area (Å²) in [5, 5.41) is 0.448. The van der Waals surface area contributed by atoms with Gasteiger partial charge in [0.2, 0.25) is 0 Å². The Morgan fingerprint density at radius 1 is 1.21 bits per heavy atom. The first-order valence-corrected chi connectivity index (χ1v) is 11.9. The van der Waals surface area contributed by atoms with E-state index in [0.717, 1.165) is 5.56 Å². The number of carbonyl (C=O) groups is 1. The molecule has 1 atom stereocenters. The van der Waals surface area contributed by atoms with Crippen LogP contribution in [0.2, 0.25) is 5.02 Å². The zero-order valence-corrected chi connectivity index (χ0v) is 18.0. The number of aromatic nitrogens is 2. The molecule has 0 aliphatic rings. The quantitative estimate of drug-likeness (QED) is 0.621. The van der Waals surface area contributed by atoms with E-state index in [1.54, 1.807) is 54.1 Å². The highest BCUT2D eigenvalue weighted by Gasteiger charge is 2.21. The molecule has 0 bridgehead atoms. The van der Waals surface area contributed by atoms with E-state index in [0.29, 0.717) is 22.3 Å². The Hall–Kier alpha value is -2.49. The monoisotopic (exact) mass is 451 g/mol. The summed E-state index contributed by atoms with van der Waals surface area (Å²) in [6, 6.07) is 12.7. The highest BCUT2D eigenvalue weighted by atomic mass is 35.5. The minimum absolute atomic E-state index is 0.00955. The summed E-state index contributed by atoms with van der Waals surface area (Å²) in [6.45, 7) is 2.03. The molecule has 1 aromatic heterocycles. The van der Waals surface area contributed by atoms with Crippen LogP contribution in [0, 0.1) is 6.92 Å². The number of benzene rings is 2. The summed E-state index contributed by atoms with van der Waals surface area (Å²) in [5.41, 5.74) is 0.731. The van der Waals surface area contributed by atoms with Gasteiger partial charge in [-0.2, -0.15) is 0 Å². The van der Waals surface area contributed by atoms with Crippen molar-refractivity contribution in [2.45, 2.75) is 23.3 Å². The smallest absolute Gasteiger partial charge is 0.285 e. The number of nitrogens with one attached hydrogen (secondary N) is 1. The second-order valence-corrected chi connectivity index (χ2v) is 9.73. The summed E-state index contributed by atoms with van der Waals surface area (Å²) >= 11 is 6.27. The molecule has 1 amide bonds. The van der Waals surface area contributed by atoms with Gasteiger partial charge in [-0.05, 0) is 36.8 Å². The molecule has 7 nitrogen and oxygen atoms in total. The molecule has 3 rings (SSSR count). The third kappa shape index (κ3) is 4.92. The summed E-state index contributed by atoms with van der Waals surface area (Å²) < 4.78 is 39.9. The molecule has 152 valence electrons. The fourth-order valence-corrected chi connectivity index (χ4v) is 4.46. The minimum atomic E-state index is -3.99. The summed E-state index contributed by atoms with van der Waals surface area (Å²) in [7, 11) is -5.13. The van der Waals surface area contributed by atoms with Gasteiger partial charge >= 0.3 is 0 Å². The van der Waals surface area contributed by atoms with Crippen molar-refractivity contribution in [1.82, 2.24) is 14.3 Å². The Kier molecular flexibility index (Phi) is 6.21. The maximum absolute atomic E-state index is 12.4. The lowest BCUT2D eigenvalue weighted by Crippen LogP contribution is -2.30. The van der Waals surface area contributed by atoms with Crippen molar-refractivity contribution >= 4 is 38.3 Å². The van der Waals surface area contributed by atoms with Crippen molar-refractivity contribution < 1.29 is 17.4 Å². The molecule has 29 heavy (non-hydrogen) atoms. The third-order valence-electron chi connectivity index (χ3n) is 4.19. The van der Waals surface area contributed by atoms with Crippen molar-refractivity contribution in [3.05, 3.63) is 76.8 Å². The van der Waals surface area contributed by atoms with Crippen LogP contribution in [-0.4, -0.2) is 34.3 Å². The van der Waals surface area contributed by atoms with Crippen molar-refractivity contribution in [2.24, 2.45) is 0 Å². The molecule has 0 saturated heterocycles. The van der Waals surface area contributed by atoms with Gasteiger partial charge in [-0.25, -0.2) is 18.1 Å². The van der Waals surface area contributed by atoms with Gasteiger partial charge in [-0.3, -0.25) is 9.00 Å². The highest BCUT2D eigenvalue weighted by Crippen LogP contribution is 2.21. The van der Waals surface area contributed by atoms with E-state index >= 15 is 0 Å². The Morgan fingerprint density at radius 3 is 2.52 bits per heavy atom. The maximum atomic E-state index is 12.4. The molecule has 2 aromatic carbocycles. The van der Waals surface area contributed by atoms with E-state index in [-0.39, 0.29) is 10.6 Å². The first-order valence-electron chi connectivity index (χ1n) is 8.45. The fourth-order valence-electron chi connectivity index (χ4n) is 2.63. The van der Waals surface area contributed by atoms with Gasteiger partial charge in [-0.1, -0.05) is 35.9 Å². The molecule has 1 unspecified atom stereocenters. The zero-order valence-electron chi connectivity index (χ0n) is 15.6. The van der Waals surface area contributed by atoms with E-state index < -0.39 is 26.7 Å². The molecule has 0 radical (unpaired) electrons. The number of hydrogen-bond donors (Lipinski definition) is 1. The van der Waals surface area contributed by atoms with Gasteiger partial charge in [0.05, 0.1) is 11.4 Å².